The molecule has 4 nitrogen and oxygen atoms in total. The van der Waals surface area contributed by atoms with Crippen molar-refractivity contribution in [1.29, 1.82) is 5.26 Å². The predicted molar refractivity (Wildman–Crippen MR) is 117 cm³/mol. The molecular weight excluding hydrogens is 378 g/mol. The minimum absolute atomic E-state index is 0.0394. The molecule has 0 aromatic heterocycles. The van der Waals surface area contributed by atoms with Crippen molar-refractivity contribution >= 4 is 23.4 Å². The second kappa shape index (κ2) is 10.7. The van der Waals surface area contributed by atoms with Gasteiger partial charge in [-0.2, -0.15) is 5.26 Å². The van der Waals surface area contributed by atoms with Crippen LogP contribution in [0.15, 0.2) is 106 Å². The van der Waals surface area contributed by atoms with Gasteiger partial charge in [-0.15, -0.1) is 0 Å². The fourth-order valence-corrected chi connectivity index (χ4v) is 3.58. The van der Waals surface area contributed by atoms with Gasteiger partial charge in [0.1, 0.15) is 11.6 Å². The van der Waals surface area contributed by atoms with E-state index in [4.69, 9.17) is 0 Å². The molecule has 0 aliphatic heterocycles. The number of benzene rings is 3. The standard InChI is InChI=1S/C24H21N3OS/c25-17-20(24(28)26-16-15-19-9-3-1-4-10-19)18-27-22-13-7-8-14-23(22)29-21-11-5-2-6-12-21/h1-14,18,27H,15-16H2,(H,26,28)/b20-18-. The SMILES string of the molecule is N#C/C(=C/Nc1ccccc1Sc1ccccc1)C(=O)NCCc1ccccc1. The molecule has 29 heavy (non-hydrogen) atoms. The molecule has 0 bridgehead atoms. The topological polar surface area (TPSA) is 64.9 Å². The van der Waals surface area contributed by atoms with Crippen LogP contribution in [0.4, 0.5) is 5.69 Å². The molecule has 5 heteroatoms. The first-order chi connectivity index (χ1) is 14.3. The van der Waals surface area contributed by atoms with Crippen molar-refractivity contribution in [3.8, 4) is 6.07 Å². The molecule has 0 saturated heterocycles. The van der Waals surface area contributed by atoms with E-state index in [1.54, 1.807) is 11.8 Å². The van der Waals surface area contributed by atoms with Gasteiger partial charge in [0.2, 0.25) is 0 Å². The highest BCUT2D eigenvalue weighted by Gasteiger charge is 2.09. The summed E-state index contributed by atoms with van der Waals surface area (Å²) in [7, 11) is 0. The smallest absolute Gasteiger partial charge is 0.263 e. The van der Waals surface area contributed by atoms with Crippen LogP contribution in [0.3, 0.4) is 0 Å². The molecule has 144 valence electrons. The number of carbonyl (C=O) groups is 1. The lowest BCUT2D eigenvalue weighted by atomic mass is 10.1. The Labute approximate surface area is 175 Å². The summed E-state index contributed by atoms with van der Waals surface area (Å²) in [6, 6.07) is 29.7. The van der Waals surface area contributed by atoms with Crippen LogP contribution >= 0.6 is 11.8 Å². The van der Waals surface area contributed by atoms with Crippen LogP contribution in [0.25, 0.3) is 0 Å². The van der Waals surface area contributed by atoms with E-state index in [1.165, 1.54) is 6.20 Å². The maximum atomic E-state index is 12.3. The number of nitrogens with zero attached hydrogens (tertiary/aromatic N) is 1. The van der Waals surface area contributed by atoms with E-state index in [-0.39, 0.29) is 11.5 Å². The third kappa shape index (κ3) is 6.27. The first-order valence-electron chi connectivity index (χ1n) is 9.27. The molecule has 2 N–H and O–H groups in total. The molecule has 0 fully saturated rings. The van der Waals surface area contributed by atoms with Crippen molar-refractivity contribution < 1.29 is 4.79 Å². The summed E-state index contributed by atoms with van der Waals surface area (Å²) in [5, 5.41) is 15.3. The Morgan fingerprint density at radius 2 is 1.59 bits per heavy atom. The molecule has 0 aliphatic rings. The van der Waals surface area contributed by atoms with Gasteiger partial charge in [0.25, 0.3) is 5.91 Å². The third-order valence-corrected chi connectivity index (χ3v) is 5.22. The highest BCUT2D eigenvalue weighted by Crippen LogP contribution is 2.33. The quantitative estimate of drug-likeness (QED) is 0.412. The predicted octanol–water partition coefficient (Wildman–Crippen LogP) is 5.02. The number of hydrogen-bond donors (Lipinski definition) is 2. The Morgan fingerprint density at radius 3 is 2.31 bits per heavy atom. The van der Waals surface area contributed by atoms with Gasteiger partial charge in [0.15, 0.2) is 0 Å². The van der Waals surface area contributed by atoms with E-state index in [9.17, 15) is 10.1 Å². The Balaban J connectivity index is 1.61. The molecule has 1 amide bonds. The molecule has 0 spiro atoms. The summed E-state index contributed by atoms with van der Waals surface area (Å²) in [4.78, 5) is 14.4. The molecule has 0 aliphatic carbocycles. The van der Waals surface area contributed by atoms with Crippen LogP contribution in [0, 0.1) is 11.3 Å². The molecule has 3 aromatic rings. The number of nitriles is 1. The molecule has 0 heterocycles. The number of rotatable bonds is 8. The minimum atomic E-state index is -0.385. The fourth-order valence-electron chi connectivity index (χ4n) is 2.65. The summed E-state index contributed by atoms with van der Waals surface area (Å²) >= 11 is 1.62. The van der Waals surface area contributed by atoms with Crippen molar-refractivity contribution in [2.75, 3.05) is 11.9 Å². The molecule has 0 atom stereocenters. The van der Waals surface area contributed by atoms with Crippen molar-refractivity contribution in [1.82, 2.24) is 5.32 Å². The van der Waals surface area contributed by atoms with Crippen molar-refractivity contribution in [3.63, 3.8) is 0 Å². The number of para-hydroxylation sites is 1. The lowest BCUT2D eigenvalue weighted by Gasteiger charge is -2.09. The number of hydrogen-bond acceptors (Lipinski definition) is 4. The lowest BCUT2D eigenvalue weighted by Crippen LogP contribution is -2.27. The van der Waals surface area contributed by atoms with E-state index in [0.29, 0.717) is 6.54 Å². The van der Waals surface area contributed by atoms with Gasteiger partial charge in [-0.25, -0.2) is 0 Å². The first kappa shape index (κ1) is 20.2. The zero-order valence-corrected chi connectivity index (χ0v) is 16.7. The molecule has 3 rings (SSSR count). The van der Waals surface area contributed by atoms with Gasteiger partial charge in [-0.3, -0.25) is 4.79 Å². The van der Waals surface area contributed by atoms with Gasteiger partial charge in [0, 0.05) is 22.5 Å². The summed E-state index contributed by atoms with van der Waals surface area (Å²) in [5.41, 5.74) is 2.02. The van der Waals surface area contributed by atoms with Crippen LogP contribution in [0.2, 0.25) is 0 Å². The maximum absolute atomic E-state index is 12.3. The highest BCUT2D eigenvalue weighted by atomic mass is 32.2. The van der Waals surface area contributed by atoms with E-state index in [0.717, 1.165) is 27.5 Å². The number of nitrogens with one attached hydrogen (secondary N) is 2. The molecule has 0 radical (unpaired) electrons. The highest BCUT2D eigenvalue weighted by molar-refractivity contribution is 7.99. The van der Waals surface area contributed by atoms with Crippen LogP contribution in [-0.2, 0) is 11.2 Å². The van der Waals surface area contributed by atoms with E-state index < -0.39 is 0 Å². The molecular formula is C24H21N3OS. The minimum Gasteiger partial charge on any atom is -0.359 e. The van der Waals surface area contributed by atoms with E-state index in [1.807, 2.05) is 91.0 Å². The van der Waals surface area contributed by atoms with Crippen molar-refractivity contribution in [2.45, 2.75) is 16.2 Å². The Morgan fingerprint density at radius 1 is 0.931 bits per heavy atom. The first-order valence-corrected chi connectivity index (χ1v) is 10.1. The summed E-state index contributed by atoms with van der Waals surface area (Å²) in [6.45, 7) is 0.475. The zero-order valence-electron chi connectivity index (χ0n) is 15.8. The molecule has 0 saturated carbocycles. The van der Waals surface area contributed by atoms with Crippen molar-refractivity contribution in [2.24, 2.45) is 0 Å². The van der Waals surface area contributed by atoms with Crippen molar-refractivity contribution in [3.05, 3.63) is 102 Å². The van der Waals surface area contributed by atoms with Crippen LogP contribution < -0.4 is 10.6 Å². The normalized spacial score (nSPS) is 10.8. The van der Waals surface area contributed by atoms with Gasteiger partial charge < -0.3 is 10.6 Å². The van der Waals surface area contributed by atoms with Gasteiger partial charge >= 0.3 is 0 Å². The second-order valence-corrected chi connectivity index (χ2v) is 7.33. The number of carbonyl (C=O) groups excluding carboxylic acids is 1. The largest absolute Gasteiger partial charge is 0.359 e. The van der Waals surface area contributed by atoms with Crippen LogP contribution in [-0.4, -0.2) is 12.5 Å². The fraction of sp³-hybridized carbons (Fsp3) is 0.0833. The summed E-state index contributed by atoms with van der Waals surface area (Å²) in [6.07, 6.45) is 2.18. The molecule has 0 unspecified atom stereocenters. The van der Waals surface area contributed by atoms with Crippen LogP contribution in [0.1, 0.15) is 5.56 Å². The number of amides is 1. The second-order valence-electron chi connectivity index (χ2n) is 6.22. The Hall–Kier alpha value is -3.49. The van der Waals surface area contributed by atoms with Gasteiger partial charge in [-0.05, 0) is 36.2 Å². The third-order valence-electron chi connectivity index (χ3n) is 4.14. The number of anilines is 1. The van der Waals surface area contributed by atoms with Crippen LogP contribution in [0.5, 0.6) is 0 Å². The Bertz CT molecular complexity index is 1010. The zero-order chi connectivity index (χ0) is 20.3. The Kier molecular flexibility index (Phi) is 7.50. The average Bonchev–Trinajstić information content (AvgIpc) is 2.77. The van der Waals surface area contributed by atoms with E-state index >= 15 is 0 Å². The monoisotopic (exact) mass is 399 g/mol. The van der Waals surface area contributed by atoms with Gasteiger partial charge in [0.05, 0.1) is 5.69 Å². The van der Waals surface area contributed by atoms with E-state index in [2.05, 4.69) is 10.6 Å². The maximum Gasteiger partial charge on any atom is 0.263 e. The average molecular weight is 400 g/mol. The summed E-state index contributed by atoms with van der Waals surface area (Å²) < 4.78 is 0. The molecule has 3 aromatic carbocycles. The van der Waals surface area contributed by atoms with Gasteiger partial charge in [-0.1, -0.05) is 72.4 Å². The lowest BCUT2D eigenvalue weighted by molar-refractivity contribution is -0.117. The summed E-state index contributed by atoms with van der Waals surface area (Å²) in [5.74, 6) is -0.385.